The molecule has 0 aliphatic heterocycles. The highest BCUT2D eigenvalue weighted by atomic mass is 31.2. The molecule has 0 aromatic heterocycles. The van der Waals surface area contributed by atoms with Crippen molar-refractivity contribution in [3.63, 3.8) is 0 Å². The van der Waals surface area contributed by atoms with Crippen LogP contribution in [0.1, 0.15) is 130 Å². The fraction of sp³-hybridized carbons (Fsp3) is 0.778. The maximum Gasteiger partial charge on any atom is 0.329 e. The molecule has 9 heteroatoms. The summed E-state index contributed by atoms with van der Waals surface area (Å²) in [5, 5.41) is 12.4. The van der Waals surface area contributed by atoms with Crippen molar-refractivity contribution in [3.8, 4) is 0 Å². The first-order chi connectivity index (χ1) is 16.2. The van der Waals surface area contributed by atoms with E-state index in [0.29, 0.717) is 19.3 Å². The third-order valence-corrected chi connectivity index (χ3v) is 7.74. The summed E-state index contributed by atoms with van der Waals surface area (Å²) in [7, 11) is -5.76. The zero-order valence-corrected chi connectivity index (χ0v) is 25.9. The second kappa shape index (κ2) is 12.8. The lowest BCUT2D eigenvalue weighted by Crippen LogP contribution is -2.44. The molecule has 210 valence electrons. The molecule has 1 aromatic rings. The zero-order chi connectivity index (χ0) is 28.3. The van der Waals surface area contributed by atoms with E-state index in [-0.39, 0.29) is 16.2 Å². The lowest BCUT2D eigenvalue weighted by atomic mass is 9.65. The minimum Gasteiger partial charge on any atom is -0.388 e. The van der Waals surface area contributed by atoms with Crippen molar-refractivity contribution in [2.45, 2.75) is 130 Å². The Labute approximate surface area is 221 Å². The van der Waals surface area contributed by atoms with Gasteiger partial charge in [-0.1, -0.05) is 101 Å². The summed E-state index contributed by atoms with van der Waals surface area (Å²) in [5.74, 6) is 0. The monoisotopic (exact) mass is 548 g/mol. The maximum absolute atomic E-state index is 12.4. The van der Waals surface area contributed by atoms with Gasteiger partial charge in [0.15, 0.2) is 6.29 Å². The second-order valence-electron chi connectivity index (χ2n) is 12.9. The molecule has 0 aliphatic rings. The standard InChI is InChI=1S/C27H50O7P2/c1-12-14-15-27(13-2,23(33-35(29)30)34-36(31)32)22(28)21-19(25(6,7)8)16-18(24(3,4)5)17-20(21)26(9,10)11/h16-17,22-23,28-32H,12-15H2,1-11H3. The summed E-state index contributed by atoms with van der Waals surface area (Å²) in [6, 6.07) is 4.33. The quantitative estimate of drug-likeness (QED) is 0.149. The highest BCUT2D eigenvalue weighted by Crippen LogP contribution is 2.55. The van der Waals surface area contributed by atoms with Gasteiger partial charge in [-0.2, -0.15) is 0 Å². The SMILES string of the molecule is CCCCC(CC)(C(OP(O)O)OP(O)O)C(O)c1c(C(C)(C)C)cc(C(C)(C)C)cc1C(C)(C)C. The van der Waals surface area contributed by atoms with Crippen molar-refractivity contribution in [1.29, 1.82) is 0 Å². The van der Waals surface area contributed by atoms with E-state index in [4.69, 9.17) is 9.05 Å². The average Bonchev–Trinajstić information content (AvgIpc) is 2.70. The first kappa shape index (κ1) is 33.8. The van der Waals surface area contributed by atoms with Crippen molar-refractivity contribution >= 4 is 17.2 Å². The highest BCUT2D eigenvalue weighted by molar-refractivity contribution is 7.40. The Hall–Kier alpha value is -0.200. The van der Waals surface area contributed by atoms with E-state index >= 15 is 0 Å². The molecule has 0 spiro atoms. The highest BCUT2D eigenvalue weighted by Gasteiger charge is 2.50. The molecule has 0 aliphatic carbocycles. The number of unbranched alkanes of at least 4 members (excludes halogenated alkanes) is 1. The van der Waals surface area contributed by atoms with E-state index in [2.05, 4.69) is 74.4 Å². The van der Waals surface area contributed by atoms with E-state index in [0.717, 1.165) is 28.7 Å². The molecule has 5 N–H and O–H groups in total. The lowest BCUT2D eigenvalue weighted by Gasteiger charge is -2.46. The van der Waals surface area contributed by atoms with E-state index in [1.54, 1.807) is 0 Å². The molecule has 0 amide bonds. The van der Waals surface area contributed by atoms with Gasteiger partial charge in [0, 0.05) is 0 Å². The van der Waals surface area contributed by atoms with E-state index in [1.807, 2.05) is 13.8 Å². The Morgan fingerprint density at radius 3 is 1.44 bits per heavy atom. The van der Waals surface area contributed by atoms with Crippen LogP contribution in [-0.2, 0) is 25.3 Å². The van der Waals surface area contributed by atoms with Crippen LogP contribution in [0.25, 0.3) is 0 Å². The van der Waals surface area contributed by atoms with Crippen LogP contribution < -0.4 is 0 Å². The first-order valence-corrected chi connectivity index (χ1v) is 15.1. The second-order valence-corrected chi connectivity index (χ2v) is 14.3. The molecule has 0 fully saturated rings. The van der Waals surface area contributed by atoms with Crippen LogP contribution in [0.3, 0.4) is 0 Å². The molecular weight excluding hydrogens is 498 g/mol. The molecule has 0 bridgehead atoms. The fourth-order valence-corrected chi connectivity index (χ4v) is 5.65. The van der Waals surface area contributed by atoms with Gasteiger partial charge < -0.3 is 24.7 Å². The van der Waals surface area contributed by atoms with Crippen molar-refractivity contribution in [2.75, 3.05) is 0 Å². The van der Waals surface area contributed by atoms with Gasteiger partial charge in [-0.3, -0.25) is 9.05 Å². The minimum atomic E-state index is -2.88. The Balaban J connectivity index is 4.14. The molecule has 1 rings (SSSR count). The smallest absolute Gasteiger partial charge is 0.329 e. The summed E-state index contributed by atoms with van der Waals surface area (Å²) in [6.07, 6.45) is -0.280. The van der Waals surface area contributed by atoms with Crippen LogP contribution in [0.4, 0.5) is 0 Å². The van der Waals surface area contributed by atoms with Crippen LogP contribution in [0, 0.1) is 5.41 Å². The molecule has 1 aromatic carbocycles. The number of aliphatic hydroxyl groups is 1. The molecule has 0 radical (unpaired) electrons. The number of aliphatic hydroxyl groups excluding tert-OH is 1. The molecule has 2 atom stereocenters. The molecule has 2 unspecified atom stereocenters. The summed E-state index contributed by atoms with van der Waals surface area (Å²) in [6.45, 7) is 23.1. The normalized spacial score (nSPS) is 16.2. The Kier molecular flexibility index (Phi) is 12.0. The molecule has 0 saturated carbocycles. The Bertz CT molecular complexity index is 793. The number of hydrogen-bond acceptors (Lipinski definition) is 7. The van der Waals surface area contributed by atoms with Gasteiger partial charge in [0.25, 0.3) is 0 Å². The fourth-order valence-electron chi connectivity index (χ4n) is 4.74. The molecule has 0 saturated heterocycles. The average molecular weight is 549 g/mol. The summed E-state index contributed by atoms with van der Waals surface area (Å²) < 4.78 is 10.8. The van der Waals surface area contributed by atoms with Gasteiger partial charge in [0.2, 0.25) is 0 Å². The van der Waals surface area contributed by atoms with Crippen LogP contribution >= 0.6 is 17.2 Å². The van der Waals surface area contributed by atoms with Crippen molar-refractivity contribution in [1.82, 2.24) is 0 Å². The maximum atomic E-state index is 12.4. The van der Waals surface area contributed by atoms with Crippen molar-refractivity contribution in [3.05, 3.63) is 34.4 Å². The van der Waals surface area contributed by atoms with Gasteiger partial charge in [-0.15, -0.1) is 0 Å². The van der Waals surface area contributed by atoms with Crippen LogP contribution in [0.15, 0.2) is 12.1 Å². The van der Waals surface area contributed by atoms with Gasteiger partial charge >= 0.3 is 17.2 Å². The third kappa shape index (κ3) is 8.40. The predicted octanol–water partition coefficient (Wildman–Crippen LogP) is 6.98. The van der Waals surface area contributed by atoms with Gasteiger partial charge in [0.05, 0.1) is 11.5 Å². The molecular formula is C27H50O7P2. The van der Waals surface area contributed by atoms with Crippen molar-refractivity contribution in [2.24, 2.45) is 5.41 Å². The van der Waals surface area contributed by atoms with Crippen LogP contribution in [0.2, 0.25) is 0 Å². The number of rotatable bonds is 11. The third-order valence-electron chi connectivity index (χ3n) is 6.98. The lowest BCUT2D eigenvalue weighted by molar-refractivity contribution is -0.162. The van der Waals surface area contributed by atoms with E-state index in [1.165, 1.54) is 0 Å². The van der Waals surface area contributed by atoms with E-state index in [9.17, 15) is 24.7 Å². The summed E-state index contributed by atoms with van der Waals surface area (Å²) in [4.78, 5) is 39.0. The predicted molar refractivity (Wildman–Crippen MR) is 148 cm³/mol. The van der Waals surface area contributed by atoms with Gasteiger partial charge in [-0.25, -0.2) is 0 Å². The number of benzene rings is 1. The Morgan fingerprint density at radius 2 is 1.17 bits per heavy atom. The first-order valence-electron chi connectivity index (χ1n) is 12.8. The topological polar surface area (TPSA) is 120 Å². The molecule has 36 heavy (non-hydrogen) atoms. The number of hydrogen-bond donors (Lipinski definition) is 5. The minimum absolute atomic E-state index is 0.116. The zero-order valence-electron chi connectivity index (χ0n) is 24.1. The largest absolute Gasteiger partial charge is 0.388 e. The van der Waals surface area contributed by atoms with Gasteiger partial charge in [-0.05, 0) is 51.3 Å². The van der Waals surface area contributed by atoms with E-state index < -0.39 is 35.0 Å². The molecule has 7 nitrogen and oxygen atoms in total. The Morgan fingerprint density at radius 1 is 0.750 bits per heavy atom. The summed E-state index contributed by atoms with van der Waals surface area (Å²) >= 11 is 0. The van der Waals surface area contributed by atoms with Gasteiger partial charge in [0.1, 0.15) is 0 Å². The summed E-state index contributed by atoms with van der Waals surface area (Å²) in [5.41, 5.74) is 1.99. The van der Waals surface area contributed by atoms with Crippen LogP contribution in [0.5, 0.6) is 0 Å². The molecule has 0 heterocycles. The van der Waals surface area contributed by atoms with Crippen molar-refractivity contribution < 1.29 is 33.7 Å². The van der Waals surface area contributed by atoms with Crippen LogP contribution in [-0.4, -0.2) is 31.0 Å².